The molecule has 250 valence electrons. The van der Waals surface area contributed by atoms with Gasteiger partial charge in [0.2, 0.25) is 0 Å². The summed E-state index contributed by atoms with van der Waals surface area (Å²) in [6.07, 6.45) is 2.85. The third-order valence-corrected chi connectivity index (χ3v) is 10.1. The van der Waals surface area contributed by atoms with Crippen LogP contribution in [0.25, 0.3) is 11.1 Å². The van der Waals surface area contributed by atoms with Crippen LogP contribution in [0.15, 0.2) is 36.4 Å². The molecule has 3 nitrogen and oxygen atoms in total. The minimum Gasteiger partial charge on any atom is -0.432 e. The first-order valence-corrected chi connectivity index (χ1v) is 16.4. The molecular formula is C35H43F7O3. The van der Waals surface area contributed by atoms with Gasteiger partial charge in [0, 0.05) is 11.8 Å². The highest BCUT2D eigenvalue weighted by molar-refractivity contribution is 5.65. The van der Waals surface area contributed by atoms with E-state index in [1.54, 1.807) is 0 Å². The van der Waals surface area contributed by atoms with E-state index in [-0.39, 0.29) is 41.9 Å². The molecule has 1 aliphatic heterocycles. The summed E-state index contributed by atoms with van der Waals surface area (Å²) in [4.78, 5) is 0. The number of rotatable bonds is 10. The fourth-order valence-electron chi connectivity index (χ4n) is 7.40. The molecule has 0 N–H and O–H groups in total. The van der Waals surface area contributed by atoms with E-state index in [1.807, 2.05) is 0 Å². The van der Waals surface area contributed by atoms with E-state index in [0.29, 0.717) is 50.0 Å². The van der Waals surface area contributed by atoms with Crippen molar-refractivity contribution in [2.45, 2.75) is 103 Å². The summed E-state index contributed by atoms with van der Waals surface area (Å²) in [5.41, 5.74) is -1.97. The first-order chi connectivity index (χ1) is 21.4. The molecule has 0 radical (unpaired) electrons. The zero-order valence-corrected chi connectivity index (χ0v) is 25.7. The van der Waals surface area contributed by atoms with Gasteiger partial charge in [-0.2, -0.15) is 22.0 Å². The van der Waals surface area contributed by atoms with Crippen LogP contribution in [0.2, 0.25) is 0 Å². The van der Waals surface area contributed by atoms with Crippen molar-refractivity contribution >= 4 is 0 Å². The van der Waals surface area contributed by atoms with Gasteiger partial charge in [-0.25, -0.2) is 8.78 Å². The van der Waals surface area contributed by atoms with E-state index in [4.69, 9.17) is 14.2 Å². The van der Waals surface area contributed by atoms with Crippen LogP contribution < -0.4 is 4.74 Å². The van der Waals surface area contributed by atoms with Gasteiger partial charge in [-0.1, -0.05) is 57.6 Å². The SMILES string of the molecule is CCCCCC1CCC(C2COC(C3CCC(C(F)(F)Oc4ccc(-c5cc(F)c(C(F)(F)F)c(F)c5)cc4)CC3)OC2)CC1. The van der Waals surface area contributed by atoms with Crippen LogP contribution in [-0.2, 0) is 15.7 Å². The van der Waals surface area contributed by atoms with Crippen molar-refractivity contribution in [3.05, 3.63) is 53.6 Å². The largest absolute Gasteiger partial charge is 0.432 e. The van der Waals surface area contributed by atoms with Crippen LogP contribution in [0.1, 0.15) is 89.5 Å². The van der Waals surface area contributed by atoms with E-state index in [1.165, 1.54) is 75.6 Å². The summed E-state index contributed by atoms with van der Waals surface area (Å²) >= 11 is 0. The Morgan fingerprint density at radius 2 is 1.29 bits per heavy atom. The fraction of sp³-hybridized carbons (Fsp3) is 0.657. The number of alkyl halides is 5. The van der Waals surface area contributed by atoms with Crippen molar-refractivity contribution in [2.75, 3.05) is 13.2 Å². The molecule has 45 heavy (non-hydrogen) atoms. The lowest BCUT2D eigenvalue weighted by molar-refractivity contribution is -0.251. The molecule has 1 saturated heterocycles. The number of halogens is 7. The second kappa shape index (κ2) is 14.6. The van der Waals surface area contributed by atoms with Gasteiger partial charge in [0.25, 0.3) is 0 Å². The average Bonchev–Trinajstić information content (AvgIpc) is 3.01. The molecule has 2 aromatic carbocycles. The minimum atomic E-state index is -5.18. The predicted molar refractivity (Wildman–Crippen MR) is 157 cm³/mol. The van der Waals surface area contributed by atoms with Crippen LogP contribution in [-0.4, -0.2) is 25.6 Å². The highest BCUT2D eigenvalue weighted by Gasteiger charge is 2.46. The molecule has 0 aromatic heterocycles. The van der Waals surface area contributed by atoms with Gasteiger partial charge < -0.3 is 14.2 Å². The molecule has 0 amide bonds. The van der Waals surface area contributed by atoms with Gasteiger partial charge in [0.15, 0.2) is 6.29 Å². The van der Waals surface area contributed by atoms with Gasteiger partial charge in [0.05, 0.1) is 19.1 Å². The zero-order valence-electron chi connectivity index (χ0n) is 25.7. The Kier molecular flexibility index (Phi) is 11.0. The molecule has 5 rings (SSSR count). The number of hydrogen-bond donors (Lipinski definition) is 0. The molecule has 0 unspecified atom stereocenters. The first kappa shape index (κ1) is 34.0. The summed E-state index contributed by atoms with van der Waals surface area (Å²) in [5.74, 6) is -2.72. The summed E-state index contributed by atoms with van der Waals surface area (Å²) < 4.78 is 114. The molecule has 3 aliphatic rings. The number of unbranched alkanes of at least 4 members (excludes halogenated alkanes) is 2. The standard InChI is InChI=1S/C35H43F7O3/c1-2-3-4-5-22-6-8-24(9-7-22)27-20-43-33(44-21-27)25-10-14-28(15-11-25)35(41,42)45-29-16-12-23(13-17-29)26-18-30(36)32(31(37)19-26)34(38,39)40/h12-13,16-19,22,24-25,27-28,33H,2-11,14-15,20-21H2,1H3. The van der Waals surface area contributed by atoms with Crippen LogP contribution in [0.5, 0.6) is 5.75 Å². The van der Waals surface area contributed by atoms with Crippen molar-refractivity contribution in [3.8, 4) is 16.9 Å². The lowest BCUT2D eigenvalue weighted by atomic mass is 9.74. The highest BCUT2D eigenvalue weighted by atomic mass is 19.4. The maximum absolute atomic E-state index is 15.1. The van der Waals surface area contributed by atoms with E-state index >= 15 is 8.78 Å². The average molecular weight is 645 g/mol. The molecule has 0 bridgehead atoms. The minimum absolute atomic E-state index is 0.0520. The molecule has 2 aromatic rings. The molecule has 1 heterocycles. The second-order valence-corrected chi connectivity index (χ2v) is 13.2. The Bertz CT molecular complexity index is 1200. The summed E-state index contributed by atoms with van der Waals surface area (Å²) in [6, 6.07) is 6.09. The van der Waals surface area contributed by atoms with Gasteiger partial charge in [-0.3, -0.25) is 0 Å². The highest BCUT2D eigenvalue weighted by Crippen LogP contribution is 2.44. The van der Waals surface area contributed by atoms with Gasteiger partial charge in [-0.15, -0.1) is 0 Å². The maximum atomic E-state index is 15.1. The zero-order chi connectivity index (χ0) is 32.2. The molecule has 10 heteroatoms. The van der Waals surface area contributed by atoms with Gasteiger partial charge in [0.1, 0.15) is 22.9 Å². The Morgan fingerprint density at radius 1 is 0.711 bits per heavy atom. The quantitative estimate of drug-likeness (QED) is 0.190. The number of benzene rings is 2. The second-order valence-electron chi connectivity index (χ2n) is 13.2. The molecule has 0 atom stereocenters. The monoisotopic (exact) mass is 644 g/mol. The van der Waals surface area contributed by atoms with E-state index in [0.717, 1.165) is 5.92 Å². The number of hydrogen-bond acceptors (Lipinski definition) is 3. The van der Waals surface area contributed by atoms with Crippen molar-refractivity contribution in [3.63, 3.8) is 0 Å². The molecule has 0 spiro atoms. The maximum Gasteiger partial charge on any atom is 0.422 e. The van der Waals surface area contributed by atoms with Crippen molar-refractivity contribution in [1.82, 2.24) is 0 Å². The first-order valence-electron chi connectivity index (χ1n) is 16.4. The Hall–Kier alpha value is -2.33. The Morgan fingerprint density at radius 3 is 1.84 bits per heavy atom. The normalized spacial score (nSPS) is 28.2. The van der Waals surface area contributed by atoms with Crippen molar-refractivity contribution in [1.29, 1.82) is 0 Å². The third-order valence-electron chi connectivity index (χ3n) is 10.1. The summed E-state index contributed by atoms with van der Waals surface area (Å²) in [5, 5.41) is 0. The van der Waals surface area contributed by atoms with Crippen molar-refractivity contribution < 1.29 is 44.9 Å². The number of ether oxygens (including phenoxy) is 3. The fourth-order valence-corrected chi connectivity index (χ4v) is 7.40. The summed E-state index contributed by atoms with van der Waals surface area (Å²) in [7, 11) is 0. The smallest absolute Gasteiger partial charge is 0.422 e. The Labute approximate surface area is 260 Å². The van der Waals surface area contributed by atoms with Crippen LogP contribution in [0.3, 0.4) is 0 Å². The molecule has 3 fully saturated rings. The molecule has 2 aliphatic carbocycles. The van der Waals surface area contributed by atoms with E-state index in [9.17, 15) is 22.0 Å². The van der Waals surface area contributed by atoms with Crippen LogP contribution in [0.4, 0.5) is 30.7 Å². The summed E-state index contributed by atoms with van der Waals surface area (Å²) in [6.45, 7) is 3.57. The Balaban J connectivity index is 1.07. The predicted octanol–water partition coefficient (Wildman–Crippen LogP) is 10.8. The topological polar surface area (TPSA) is 27.7 Å². The molecular weight excluding hydrogens is 601 g/mol. The van der Waals surface area contributed by atoms with Gasteiger partial charge in [-0.05, 0) is 85.8 Å². The van der Waals surface area contributed by atoms with E-state index < -0.39 is 35.4 Å². The lowest BCUT2D eigenvalue weighted by Gasteiger charge is -2.41. The third kappa shape index (κ3) is 8.53. The van der Waals surface area contributed by atoms with Gasteiger partial charge >= 0.3 is 12.3 Å². The van der Waals surface area contributed by atoms with Crippen LogP contribution >= 0.6 is 0 Å². The molecule has 2 saturated carbocycles. The van der Waals surface area contributed by atoms with Crippen molar-refractivity contribution in [2.24, 2.45) is 29.6 Å². The lowest BCUT2D eigenvalue weighted by Crippen LogP contribution is -2.43. The van der Waals surface area contributed by atoms with E-state index in [2.05, 4.69) is 6.92 Å². The van der Waals surface area contributed by atoms with Crippen LogP contribution in [0, 0.1) is 41.2 Å².